The van der Waals surface area contributed by atoms with Crippen molar-refractivity contribution in [2.75, 3.05) is 10.6 Å². The van der Waals surface area contributed by atoms with Gasteiger partial charge in [0.15, 0.2) is 0 Å². The maximum absolute atomic E-state index is 13.5. The molecule has 0 bridgehead atoms. The highest BCUT2D eigenvalue weighted by atomic mass is 19.1. The maximum Gasteiger partial charge on any atom is 0.313 e. The van der Waals surface area contributed by atoms with Gasteiger partial charge in [-0.05, 0) is 30.7 Å². The summed E-state index contributed by atoms with van der Waals surface area (Å²) in [5.41, 5.74) is 1.84. The first-order valence-electron chi connectivity index (χ1n) is 7.58. The van der Waals surface area contributed by atoms with Crippen molar-refractivity contribution in [1.29, 1.82) is 0 Å². The molecule has 2 aromatic carbocycles. The standard InChI is InChI=1S/C18H18FN3O3/c1-11-15(21-12(2)23)8-5-9-16(11)22-18(25)17(24)20-10-13-6-3-4-7-14(13)19/h3-9H,10H2,1-2H3,(H,20,24)(H,21,23)(H,22,25). The van der Waals surface area contributed by atoms with E-state index in [-0.39, 0.29) is 18.0 Å². The number of carbonyl (C=O) groups excluding carboxylic acids is 3. The molecule has 0 spiro atoms. The smallest absolute Gasteiger partial charge is 0.313 e. The minimum absolute atomic E-state index is 0.0934. The van der Waals surface area contributed by atoms with Gasteiger partial charge in [0.05, 0.1) is 0 Å². The van der Waals surface area contributed by atoms with Gasteiger partial charge in [-0.25, -0.2) is 4.39 Å². The Labute approximate surface area is 144 Å². The van der Waals surface area contributed by atoms with Crippen LogP contribution >= 0.6 is 0 Å². The minimum atomic E-state index is -0.882. The third kappa shape index (κ3) is 4.87. The zero-order valence-electron chi connectivity index (χ0n) is 13.9. The van der Waals surface area contributed by atoms with Gasteiger partial charge in [0, 0.05) is 30.4 Å². The van der Waals surface area contributed by atoms with Crippen LogP contribution in [0.3, 0.4) is 0 Å². The molecule has 130 valence electrons. The quantitative estimate of drug-likeness (QED) is 0.745. The zero-order valence-corrected chi connectivity index (χ0v) is 13.9. The highest BCUT2D eigenvalue weighted by molar-refractivity contribution is 6.39. The predicted molar refractivity (Wildman–Crippen MR) is 92.4 cm³/mol. The summed E-state index contributed by atoms with van der Waals surface area (Å²) in [5.74, 6) is -2.46. The number of nitrogens with one attached hydrogen (secondary N) is 3. The first kappa shape index (κ1) is 18.1. The molecule has 0 aliphatic heterocycles. The second-order valence-electron chi connectivity index (χ2n) is 5.39. The lowest BCUT2D eigenvalue weighted by Crippen LogP contribution is -2.35. The second kappa shape index (κ2) is 8.05. The Bertz CT molecular complexity index is 821. The number of rotatable bonds is 4. The van der Waals surface area contributed by atoms with E-state index in [4.69, 9.17) is 0 Å². The Morgan fingerprint density at radius 2 is 1.56 bits per heavy atom. The third-order valence-electron chi connectivity index (χ3n) is 3.50. The number of amides is 3. The van der Waals surface area contributed by atoms with E-state index in [2.05, 4.69) is 16.0 Å². The van der Waals surface area contributed by atoms with E-state index in [1.165, 1.54) is 25.1 Å². The fraction of sp³-hybridized carbons (Fsp3) is 0.167. The first-order chi connectivity index (χ1) is 11.9. The van der Waals surface area contributed by atoms with Crippen LogP contribution in [0.1, 0.15) is 18.1 Å². The third-order valence-corrected chi connectivity index (χ3v) is 3.50. The molecule has 0 atom stereocenters. The van der Waals surface area contributed by atoms with Crippen molar-refractivity contribution in [3.05, 3.63) is 59.4 Å². The first-order valence-corrected chi connectivity index (χ1v) is 7.58. The molecule has 0 radical (unpaired) electrons. The van der Waals surface area contributed by atoms with E-state index in [1.807, 2.05) is 0 Å². The summed E-state index contributed by atoms with van der Waals surface area (Å²) in [4.78, 5) is 35.1. The van der Waals surface area contributed by atoms with E-state index >= 15 is 0 Å². The van der Waals surface area contributed by atoms with E-state index in [9.17, 15) is 18.8 Å². The molecule has 0 saturated heterocycles. The van der Waals surface area contributed by atoms with Crippen molar-refractivity contribution in [3.8, 4) is 0 Å². The van der Waals surface area contributed by atoms with Crippen LogP contribution in [0.4, 0.5) is 15.8 Å². The molecule has 0 fully saturated rings. The molecule has 0 aliphatic rings. The second-order valence-corrected chi connectivity index (χ2v) is 5.39. The molecule has 6 nitrogen and oxygen atoms in total. The van der Waals surface area contributed by atoms with Crippen LogP contribution in [-0.2, 0) is 20.9 Å². The normalized spacial score (nSPS) is 10.0. The SMILES string of the molecule is CC(=O)Nc1cccc(NC(=O)C(=O)NCc2ccccc2F)c1C. The van der Waals surface area contributed by atoms with Gasteiger partial charge in [-0.15, -0.1) is 0 Å². The van der Waals surface area contributed by atoms with Gasteiger partial charge in [0.1, 0.15) is 5.82 Å². The van der Waals surface area contributed by atoms with Crippen LogP contribution < -0.4 is 16.0 Å². The van der Waals surface area contributed by atoms with Crippen molar-refractivity contribution in [2.24, 2.45) is 0 Å². The summed E-state index contributed by atoms with van der Waals surface area (Å²) in [6, 6.07) is 10.9. The molecule has 0 heterocycles. The molecule has 3 amide bonds. The lowest BCUT2D eigenvalue weighted by Gasteiger charge is -2.12. The molecule has 0 aromatic heterocycles. The van der Waals surface area contributed by atoms with Crippen LogP contribution in [0, 0.1) is 12.7 Å². The van der Waals surface area contributed by atoms with Gasteiger partial charge in [0.2, 0.25) is 5.91 Å². The monoisotopic (exact) mass is 343 g/mol. The molecule has 7 heteroatoms. The molecular formula is C18H18FN3O3. The molecule has 25 heavy (non-hydrogen) atoms. The fourth-order valence-electron chi connectivity index (χ4n) is 2.17. The lowest BCUT2D eigenvalue weighted by molar-refractivity contribution is -0.136. The Morgan fingerprint density at radius 3 is 2.20 bits per heavy atom. The fourth-order valence-corrected chi connectivity index (χ4v) is 2.17. The van der Waals surface area contributed by atoms with Gasteiger partial charge in [-0.3, -0.25) is 14.4 Å². The number of carbonyl (C=O) groups is 3. The number of hydrogen-bond donors (Lipinski definition) is 3. The molecule has 0 unspecified atom stereocenters. The highest BCUT2D eigenvalue weighted by Gasteiger charge is 2.16. The van der Waals surface area contributed by atoms with E-state index < -0.39 is 17.6 Å². The minimum Gasteiger partial charge on any atom is -0.344 e. The Kier molecular flexibility index (Phi) is 5.84. The topological polar surface area (TPSA) is 87.3 Å². The molecule has 2 rings (SSSR count). The van der Waals surface area contributed by atoms with Crippen molar-refractivity contribution < 1.29 is 18.8 Å². The average Bonchev–Trinajstić information content (AvgIpc) is 2.57. The van der Waals surface area contributed by atoms with Gasteiger partial charge in [-0.1, -0.05) is 24.3 Å². The van der Waals surface area contributed by atoms with Crippen LogP contribution in [0.5, 0.6) is 0 Å². The summed E-state index contributed by atoms with van der Waals surface area (Å²) in [6.07, 6.45) is 0. The van der Waals surface area contributed by atoms with Crippen molar-refractivity contribution >= 4 is 29.1 Å². The molecule has 3 N–H and O–H groups in total. The molecule has 0 aliphatic carbocycles. The molecule has 2 aromatic rings. The van der Waals surface area contributed by atoms with Crippen LogP contribution in [0.2, 0.25) is 0 Å². The highest BCUT2D eigenvalue weighted by Crippen LogP contribution is 2.23. The summed E-state index contributed by atoms with van der Waals surface area (Å²) in [5, 5.41) is 7.48. The zero-order chi connectivity index (χ0) is 18.4. The largest absolute Gasteiger partial charge is 0.344 e. The number of hydrogen-bond acceptors (Lipinski definition) is 3. The number of halogens is 1. The average molecular weight is 343 g/mol. The maximum atomic E-state index is 13.5. The van der Waals surface area contributed by atoms with E-state index in [0.717, 1.165) is 0 Å². The van der Waals surface area contributed by atoms with Gasteiger partial charge < -0.3 is 16.0 Å². The summed E-state index contributed by atoms with van der Waals surface area (Å²) in [7, 11) is 0. The summed E-state index contributed by atoms with van der Waals surface area (Å²) in [6.45, 7) is 2.99. The van der Waals surface area contributed by atoms with Crippen LogP contribution in [0.25, 0.3) is 0 Å². The van der Waals surface area contributed by atoms with E-state index in [0.29, 0.717) is 16.9 Å². The Morgan fingerprint density at radius 1 is 0.920 bits per heavy atom. The Balaban J connectivity index is 2.00. The van der Waals surface area contributed by atoms with E-state index in [1.54, 1.807) is 31.2 Å². The van der Waals surface area contributed by atoms with Gasteiger partial charge in [0.25, 0.3) is 0 Å². The van der Waals surface area contributed by atoms with Crippen molar-refractivity contribution in [1.82, 2.24) is 5.32 Å². The van der Waals surface area contributed by atoms with Gasteiger partial charge in [-0.2, -0.15) is 0 Å². The molecular weight excluding hydrogens is 325 g/mol. The van der Waals surface area contributed by atoms with Gasteiger partial charge >= 0.3 is 11.8 Å². The van der Waals surface area contributed by atoms with Crippen molar-refractivity contribution in [2.45, 2.75) is 20.4 Å². The van der Waals surface area contributed by atoms with Crippen molar-refractivity contribution in [3.63, 3.8) is 0 Å². The van der Waals surface area contributed by atoms with Crippen LogP contribution in [0.15, 0.2) is 42.5 Å². The number of benzene rings is 2. The summed E-state index contributed by atoms with van der Waals surface area (Å²) >= 11 is 0. The summed E-state index contributed by atoms with van der Waals surface area (Å²) < 4.78 is 13.5. The lowest BCUT2D eigenvalue weighted by atomic mass is 10.1. The number of anilines is 2. The molecule has 0 saturated carbocycles. The predicted octanol–water partition coefficient (Wildman–Crippen LogP) is 2.35. The van der Waals surface area contributed by atoms with Crippen LogP contribution in [-0.4, -0.2) is 17.7 Å². The Hall–Kier alpha value is -3.22.